The van der Waals surface area contributed by atoms with E-state index >= 15 is 0 Å². The molecule has 3 nitrogen and oxygen atoms in total. The summed E-state index contributed by atoms with van der Waals surface area (Å²) in [6.07, 6.45) is 1.90. The van der Waals surface area contributed by atoms with Gasteiger partial charge in [0.25, 0.3) is 0 Å². The van der Waals surface area contributed by atoms with E-state index in [1.54, 1.807) is 4.90 Å². The van der Waals surface area contributed by atoms with Crippen LogP contribution in [0.1, 0.15) is 17.2 Å². The topological polar surface area (TPSA) is 23.6 Å². The zero-order valence-electron chi connectivity index (χ0n) is 13.8. The second-order valence-corrected chi connectivity index (χ2v) is 6.62. The van der Waals surface area contributed by atoms with Gasteiger partial charge in [-0.3, -0.25) is 9.69 Å². The standard InChI is InChI=1S/C20H18F2N2O/c1-23-11-19-16(15-9-14(21)7-8-17(15)22)10-18(24(19)20(25)12-23)13-5-3-2-4-6-13/h2-10,18-19H,11-12H2,1H3/t18-,19-/m0/s1. The van der Waals surface area contributed by atoms with Gasteiger partial charge in [-0.1, -0.05) is 36.4 Å². The van der Waals surface area contributed by atoms with Crippen LogP contribution in [-0.2, 0) is 4.79 Å². The SMILES string of the molecule is CN1CC(=O)N2[C@@H](C1)C(c1cc(F)ccc1F)=C[C@H]2c1ccccc1. The number of carbonyl (C=O) groups excluding carboxylic acids is 1. The third-order valence-electron chi connectivity index (χ3n) is 4.89. The van der Waals surface area contributed by atoms with Gasteiger partial charge in [0.1, 0.15) is 11.6 Å². The van der Waals surface area contributed by atoms with Crippen LogP contribution in [0.4, 0.5) is 8.78 Å². The lowest BCUT2D eigenvalue weighted by atomic mass is 9.97. The average molecular weight is 340 g/mol. The van der Waals surface area contributed by atoms with Crippen LogP contribution in [0, 0.1) is 11.6 Å². The second kappa shape index (κ2) is 6.08. The molecular weight excluding hydrogens is 322 g/mol. The van der Waals surface area contributed by atoms with Gasteiger partial charge in [0.15, 0.2) is 0 Å². The summed E-state index contributed by atoms with van der Waals surface area (Å²) in [6.45, 7) is 0.920. The van der Waals surface area contributed by atoms with Gasteiger partial charge in [-0.2, -0.15) is 0 Å². The van der Waals surface area contributed by atoms with Gasteiger partial charge in [0.05, 0.1) is 18.6 Å². The van der Waals surface area contributed by atoms with Gasteiger partial charge < -0.3 is 4.90 Å². The normalized spacial score (nSPS) is 23.6. The third kappa shape index (κ3) is 2.74. The lowest BCUT2D eigenvalue weighted by Gasteiger charge is -2.39. The van der Waals surface area contributed by atoms with Gasteiger partial charge in [-0.15, -0.1) is 0 Å². The lowest BCUT2D eigenvalue weighted by Crippen LogP contribution is -2.54. The maximum atomic E-state index is 14.4. The maximum Gasteiger partial charge on any atom is 0.238 e. The van der Waals surface area contributed by atoms with E-state index in [-0.39, 0.29) is 23.6 Å². The summed E-state index contributed by atoms with van der Waals surface area (Å²) in [4.78, 5) is 16.4. The molecule has 128 valence electrons. The molecule has 0 unspecified atom stereocenters. The number of likely N-dealkylation sites (N-methyl/N-ethyl adjacent to an activating group) is 1. The van der Waals surface area contributed by atoms with Gasteiger partial charge in [-0.05, 0) is 36.4 Å². The molecule has 2 heterocycles. The summed E-state index contributed by atoms with van der Waals surface area (Å²) in [6, 6.07) is 12.6. The summed E-state index contributed by atoms with van der Waals surface area (Å²) in [5.41, 5.74) is 1.87. The Morgan fingerprint density at radius 3 is 2.60 bits per heavy atom. The Labute approximate surface area is 145 Å². The Bertz CT molecular complexity index is 850. The molecule has 1 amide bonds. The molecule has 5 heteroatoms. The predicted octanol–water partition coefficient (Wildman–Crippen LogP) is 3.25. The van der Waals surface area contributed by atoms with Crippen LogP contribution in [0.5, 0.6) is 0 Å². The van der Waals surface area contributed by atoms with Gasteiger partial charge >= 0.3 is 0 Å². The Balaban J connectivity index is 1.84. The molecule has 0 spiro atoms. The van der Waals surface area contributed by atoms with Crippen molar-refractivity contribution < 1.29 is 13.6 Å². The molecule has 4 rings (SSSR count). The molecule has 2 aromatic rings. The Kier molecular flexibility index (Phi) is 3.88. The number of rotatable bonds is 2. The molecular formula is C20H18F2N2O. The van der Waals surface area contributed by atoms with E-state index in [0.717, 1.165) is 17.7 Å². The Morgan fingerprint density at radius 2 is 1.84 bits per heavy atom. The molecule has 2 aliphatic rings. The highest BCUT2D eigenvalue weighted by molar-refractivity contribution is 5.87. The number of piperazine rings is 1. The van der Waals surface area contributed by atoms with Crippen molar-refractivity contribution in [2.45, 2.75) is 12.1 Å². The largest absolute Gasteiger partial charge is 0.323 e. The van der Waals surface area contributed by atoms with Gasteiger partial charge in [-0.25, -0.2) is 8.78 Å². The van der Waals surface area contributed by atoms with Crippen molar-refractivity contribution in [1.82, 2.24) is 9.80 Å². The number of benzene rings is 2. The van der Waals surface area contributed by atoms with Crippen molar-refractivity contribution in [2.75, 3.05) is 20.1 Å². The highest BCUT2D eigenvalue weighted by atomic mass is 19.1. The van der Waals surface area contributed by atoms with Crippen molar-refractivity contribution in [1.29, 1.82) is 0 Å². The lowest BCUT2D eigenvalue weighted by molar-refractivity contribution is -0.138. The summed E-state index contributed by atoms with van der Waals surface area (Å²) in [7, 11) is 1.87. The number of fused-ring (bicyclic) bond motifs is 1. The number of halogens is 2. The molecule has 2 atom stereocenters. The molecule has 0 N–H and O–H groups in total. The molecule has 1 saturated heterocycles. The molecule has 1 fully saturated rings. The van der Waals surface area contributed by atoms with Crippen LogP contribution < -0.4 is 0 Å². The first-order valence-electron chi connectivity index (χ1n) is 8.26. The van der Waals surface area contributed by atoms with Gasteiger partial charge in [0, 0.05) is 12.1 Å². The summed E-state index contributed by atoms with van der Waals surface area (Å²) in [5, 5.41) is 0. The zero-order valence-corrected chi connectivity index (χ0v) is 13.8. The molecule has 0 radical (unpaired) electrons. The Morgan fingerprint density at radius 1 is 1.08 bits per heavy atom. The van der Waals surface area contributed by atoms with Crippen LogP contribution in [-0.4, -0.2) is 41.9 Å². The molecule has 0 bridgehead atoms. The first-order chi connectivity index (χ1) is 12.0. The first-order valence-corrected chi connectivity index (χ1v) is 8.26. The number of nitrogens with zero attached hydrogens (tertiary/aromatic N) is 2. The van der Waals surface area contributed by atoms with E-state index in [0.29, 0.717) is 18.7 Å². The van der Waals surface area contributed by atoms with E-state index in [1.807, 2.05) is 48.4 Å². The average Bonchev–Trinajstić information content (AvgIpc) is 2.97. The minimum Gasteiger partial charge on any atom is -0.323 e. The van der Waals surface area contributed by atoms with Crippen LogP contribution in [0.15, 0.2) is 54.6 Å². The Hall–Kier alpha value is -2.53. The molecule has 2 aliphatic heterocycles. The summed E-state index contributed by atoms with van der Waals surface area (Å²) >= 11 is 0. The molecule has 2 aromatic carbocycles. The van der Waals surface area contributed by atoms with Crippen LogP contribution in [0.2, 0.25) is 0 Å². The van der Waals surface area contributed by atoms with Gasteiger partial charge in [0.2, 0.25) is 5.91 Å². The van der Waals surface area contributed by atoms with E-state index in [1.165, 1.54) is 6.07 Å². The molecule has 25 heavy (non-hydrogen) atoms. The second-order valence-electron chi connectivity index (χ2n) is 6.62. The van der Waals surface area contributed by atoms with Crippen molar-refractivity contribution in [2.24, 2.45) is 0 Å². The number of hydrogen-bond acceptors (Lipinski definition) is 2. The first kappa shape index (κ1) is 16.0. The van der Waals surface area contributed by atoms with Crippen LogP contribution in [0.25, 0.3) is 5.57 Å². The van der Waals surface area contributed by atoms with E-state index < -0.39 is 11.6 Å². The molecule has 0 saturated carbocycles. The van der Waals surface area contributed by atoms with Crippen molar-refractivity contribution in [3.63, 3.8) is 0 Å². The fourth-order valence-corrected chi connectivity index (χ4v) is 3.79. The third-order valence-corrected chi connectivity index (χ3v) is 4.89. The predicted molar refractivity (Wildman–Crippen MR) is 91.6 cm³/mol. The van der Waals surface area contributed by atoms with E-state index in [9.17, 15) is 13.6 Å². The van der Waals surface area contributed by atoms with Crippen molar-refractivity contribution in [3.8, 4) is 0 Å². The maximum absolute atomic E-state index is 14.4. The minimum atomic E-state index is -0.484. The number of amides is 1. The van der Waals surface area contributed by atoms with Crippen molar-refractivity contribution in [3.05, 3.63) is 77.4 Å². The molecule has 0 aromatic heterocycles. The number of hydrogen-bond donors (Lipinski definition) is 0. The fraction of sp³-hybridized carbons (Fsp3) is 0.250. The van der Waals surface area contributed by atoms with E-state index in [2.05, 4.69) is 0 Å². The van der Waals surface area contributed by atoms with Crippen LogP contribution in [0.3, 0.4) is 0 Å². The smallest absolute Gasteiger partial charge is 0.238 e. The van der Waals surface area contributed by atoms with Crippen molar-refractivity contribution >= 4 is 11.5 Å². The number of carbonyl (C=O) groups is 1. The van der Waals surface area contributed by atoms with E-state index in [4.69, 9.17) is 0 Å². The fourth-order valence-electron chi connectivity index (χ4n) is 3.79. The monoisotopic (exact) mass is 340 g/mol. The molecule has 0 aliphatic carbocycles. The van der Waals surface area contributed by atoms with Crippen LogP contribution >= 0.6 is 0 Å². The summed E-state index contributed by atoms with van der Waals surface area (Å²) < 4.78 is 28.1. The zero-order chi connectivity index (χ0) is 17.6. The highest BCUT2D eigenvalue weighted by Gasteiger charge is 2.43. The summed E-state index contributed by atoms with van der Waals surface area (Å²) in [5.74, 6) is -0.958. The highest BCUT2D eigenvalue weighted by Crippen LogP contribution is 2.41. The quantitative estimate of drug-likeness (QED) is 0.838. The minimum absolute atomic E-state index is 0.00401.